The van der Waals surface area contributed by atoms with Crippen LogP contribution in [-0.4, -0.2) is 14.5 Å². The molecule has 1 N–H and O–H groups in total. The van der Waals surface area contributed by atoms with Gasteiger partial charge in [-0.3, -0.25) is 4.79 Å². The molecule has 0 spiro atoms. The molecule has 0 fully saturated rings. The van der Waals surface area contributed by atoms with Crippen molar-refractivity contribution in [3.8, 4) is 0 Å². The van der Waals surface area contributed by atoms with E-state index in [1.165, 1.54) is 4.57 Å². The summed E-state index contributed by atoms with van der Waals surface area (Å²) < 4.78 is 1.50. The molecule has 1 atom stereocenters. The molecule has 0 saturated carbocycles. The maximum Gasteiger partial charge on any atom is 0.293 e. The summed E-state index contributed by atoms with van der Waals surface area (Å²) in [6.45, 7) is 3.97. The molecule has 90 valence electrons. The number of rotatable bonds is 3. The van der Waals surface area contributed by atoms with Crippen LogP contribution in [0.1, 0.15) is 22.9 Å². The third-order valence-corrected chi connectivity index (χ3v) is 3.48. The highest BCUT2D eigenvalue weighted by Crippen LogP contribution is 2.21. The summed E-state index contributed by atoms with van der Waals surface area (Å²) in [5.74, 6) is 0.357. The number of nitrogens with zero attached hydrogens (tertiary/aromatic N) is 3. The topological polar surface area (TPSA) is 59.8 Å². The van der Waals surface area contributed by atoms with Crippen molar-refractivity contribution in [3.63, 3.8) is 0 Å². The number of aromatic nitrogens is 3. The van der Waals surface area contributed by atoms with Crippen molar-refractivity contribution >= 4 is 17.2 Å². The zero-order chi connectivity index (χ0) is 12.4. The highest BCUT2D eigenvalue weighted by atomic mass is 32.1. The number of hydrogen-bond acceptors (Lipinski definition) is 5. The molecular weight excluding hydrogens is 236 g/mol. The highest BCUT2D eigenvalue weighted by Gasteiger charge is 2.12. The molecule has 1 unspecified atom stereocenters. The van der Waals surface area contributed by atoms with Gasteiger partial charge in [-0.25, -0.2) is 9.97 Å². The quantitative estimate of drug-likeness (QED) is 0.901. The first kappa shape index (κ1) is 11.8. The number of thiazole rings is 1. The molecule has 6 heteroatoms. The van der Waals surface area contributed by atoms with Crippen molar-refractivity contribution in [1.29, 1.82) is 0 Å². The Morgan fingerprint density at radius 2 is 2.24 bits per heavy atom. The van der Waals surface area contributed by atoms with Gasteiger partial charge < -0.3 is 9.88 Å². The molecule has 0 aliphatic carbocycles. The van der Waals surface area contributed by atoms with E-state index in [1.54, 1.807) is 30.8 Å². The Balaban J connectivity index is 2.21. The molecule has 5 nitrogen and oxygen atoms in total. The van der Waals surface area contributed by atoms with Crippen molar-refractivity contribution in [1.82, 2.24) is 14.5 Å². The van der Waals surface area contributed by atoms with Gasteiger partial charge in [0.25, 0.3) is 5.56 Å². The van der Waals surface area contributed by atoms with E-state index >= 15 is 0 Å². The normalized spacial score (nSPS) is 12.4. The Morgan fingerprint density at radius 1 is 1.47 bits per heavy atom. The summed E-state index contributed by atoms with van der Waals surface area (Å²) >= 11 is 1.61. The summed E-state index contributed by atoms with van der Waals surface area (Å²) in [6, 6.07) is -0.0173. The molecule has 0 aliphatic rings. The van der Waals surface area contributed by atoms with E-state index in [2.05, 4.69) is 15.3 Å². The van der Waals surface area contributed by atoms with Crippen LogP contribution in [0.5, 0.6) is 0 Å². The van der Waals surface area contributed by atoms with Crippen LogP contribution in [-0.2, 0) is 7.05 Å². The maximum absolute atomic E-state index is 11.8. The molecule has 2 aromatic rings. The zero-order valence-corrected chi connectivity index (χ0v) is 10.8. The second kappa shape index (κ2) is 4.67. The van der Waals surface area contributed by atoms with E-state index < -0.39 is 0 Å². The van der Waals surface area contributed by atoms with Gasteiger partial charge in [-0.05, 0) is 13.8 Å². The highest BCUT2D eigenvalue weighted by molar-refractivity contribution is 7.11. The molecule has 2 heterocycles. The van der Waals surface area contributed by atoms with Crippen molar-refractivity contribution in [2.24, 2.45) is 7.05 Å². The molecule has 0 aliphatic heterocycles. The number of hydrogen-bond donors (Lipinski definition) is 1. The maximum atomic E-state index is 11.8. The van der Waals surface area contributed by atoms with Gasteiger partial charge in [0.15, 0.2) is 5.82 Å². The summed E-state index contributed by atoms with van der Waals surface area (Å²) in [4.78, 5) is 21.2. The number of nitrogens with one attached hydrogen (secondary N) is 1. The molecule has 0 radical (unpaired) electrons. The van der Waals surface area contributed by atoms with Crippen LogP contribution in [0.2, 0.25) is 0 Å². The van der Waals surface area contributed by atoms with Gasteiger partial charge in [-0.1, -0.05) is 0 Å². The van der Waals surface area contributed by atoms with Crippen LogP contribution in [0.3, 0.4) is 0 Å². The molecule has 17 heavy (non-hydrogen) atoms. The minimum absolute atomic E-state index is 0.0173. The zero-order valence-electron chi connectivity index (χ0n) is 9.97. The lowest BCUT2D eigenvalue weighted by atomic mass is 10.3. The standard InChI is InChI=1S/C11H14N4OS/c1-7-6-13-10(17-7)8(2)14-9-11(16)15(3)5-4-12-9/h4-6,8H,1-3H3,(H,12,14). The predicted molar refractivity (Wildman–Crippen MR) is 68.4 cm³/mol. The second-order valence-corrected chi connectivity index (χ2v) is 5.13. The fourth-order valence-electron chi connectivity index (χ4n) is 1.44. The van der Waals surface area contributed by atoms with Crippen molar-refractivity contribution < 1.29 is 0 Å². The molecule has 0 amide bonds. The van der Waals surface area contributed by atoms with E-state index in [9.17, 15) is 4.79 Å². The Kier molecular flexibility index (Phi) is 3.23. The average Bonchev–Trinajstić information content (AvgIpc) is 2.72. The van der Waals surface area contributed by atoms with Gasteiger partial charge in [0.1, 0.15) is 5.01 Å². The van der Waals surface area contributed by atoms with Crippen LogP contribution in [0.4, 0.5) is 5.82 Å². The van der Waals surface area contributed by atoms with E-state index in [1.807, 2.05) is 20.0 Å². The first-order chi connectivity index (χ1) is 8.08. The Labute approximate surface area is 103 Å². The third kappa shape index (κ3) is 2.52. The van der Waals surface area contributed by atoms with E-state index in [0.717, 1.165) is 9.88 Å². The van der Waals surface area contributed by atoms with Crippen molar-refractivity contribution in [3.05, 3.63) is 38.8 Å². The van der Waals surface area contributed by atoms with Crippen LogP contribution in [0.15, 0.2) is 23.4 Å². The van der Waals surface area contributed by atoms with Crippen LogP contribution in [0, 0.1) is 6.92 Å². The fourth-order valence-corrected chi connectivity index (χ4v) is 2.21. The third-order valence-electron chi connectivity index (χ3n) is 2.38. The van der Waals surface area contributed by atoms with Crippen LogP contribution < -0.4 is 10.9 Å². The Morgan fingerprint density at radius 3 is 2.88 bits per heavy atom. The minimum atomic E-state index is -0.132. The summed E-state index contributed by atoms with van der Waals surface area (Å²) in [6.07, 6.45) is 5.06. The lowest BCUT2D eigenvalue weighted by Gasteiger charge is -2.11. The summed E-state index contributed by atoms with van der Waals surface area (Å²) in [5, 5.41) is 4.04. The van der Waals surface area contributed by atoms with Gasteiger partial charge in [0, 0.05) is 30.5 Å². The fraction of sp³-hybridized carbons (Fsp3) is 0.364. The Bertz CT molecular complexity index is 575. The first-order valence-corrected chi connectivity index (χ1v) is 6.10. The van der Waals surface area contributed by atoms with Crippen LogP contribution in [0.25, 0.3) is 0 Å². The van der Waals surface area contributed by atoms with E-state index in [4.69, 9.17) is 0 Å². The molecule has 0 bridgehead atoms. The Hall–Kier alpha value is -1.69. The minimum Gasteiger partial charge on any atom is -0.357 e. The molecule has 0 aromatic carbocycles. The lowest BCUT2D eigenvalue weighted by molar-refractivity contribution is 0.809. The van der Waals surface area contributed by atoms with E-state index in [0.29, 0.717) is 5.82 Å². The lowest BCUT2D eigenvalue weighted by Crippen LogP contribution is -2.23. The molecule has 0 saturated heterocycles. The van der Waals surface area contributed by atoms with Gasteiger partial charge in [0.2, 0.25) is 0 Å². The molecular formula is C11H14N4OS. The SMILES string of the molecule is Cc1cnc(C(C)Nc2nccn(C)c2=O)s1. The monoisotopic (exact) mass is 250 g/mol. The second-order valence-electron chi connectivity index (χ2n) is 3.87. The first-order valence-electron chi connectivity index (χ1n) is 5.28. The largest absolute Gasteiger partial charge is 0.357 e. The smallest absolute Gasteiger partial charge is 0.293 e. The van der Waals surface area contributed by atoms with Gasteiger partial charge in [0.05, 0.1) is 6.04 Å². The van der Waals surface area contributed by atoms with Gasteiger partial charge in [-0.15, -0.1) is 11.3 Å². The van der Waals surface area contributed by atoms with Crippen LogP contribution >= 0.6 is 11.3 Å². The summed E-state index contributed by atoms with van der Waals surface area (Å²) in [5.41, 5.74) is -0.132. The van der Waals surface area contributed by atoms with Gasteiger partial charge >= 0.3 is 0 Å². The summed E-state index contributed by atoms with van der Waals surface area (Å²) in [7, 11) is 1.70. The number of anilines is 1. The molecule has 2 aromatic heterocycles. The van der Waals surface area contributed by atoms with Gasteiger partial charge in [-0.2, -0.15) is 0 Å². The van der Waals surface area contributed by atoms with E-state index in [-0.39, 0.29) is 11.6 Å². The predicted octanol–water partition coefficient (Wildman–Crippen LogP) is 1.72. The average molecular weight is 250 g/mol. The van der Waals surface area contributed by atoms with Crippen molar-refractivity contribution in [2.45, 2.75) is 19.9 Å². The molecule has 2 rings (SSSR count). The van der Waals surface area contributed by atoms with Crippen molar-refractivity contribution in [2.75, 3.05) is 5.32 Å². The number of aryl methyl sites for hydroxylation is 2.